The van der Waals surface area contributed by atoms with Crippen molar-refractivity contribution >= 4 is 60.3 Å². The van der Waals surface area contributed by atoms with Crippen LogP contribution < -0.4 is 0 Å². The molecule has 0 aromatic heterocycles. The molecule has 4 nitrogen and oxygen atoms in total. The Kier molecular flexibility index (Phi) is 22.4. The topological polar surface area (TPSA) is 36.9 Å². The van der Waals surface area contributed by atoms with Gasteiger partial charge >= 0.3 is 0 Å². The van der Waals surface area contributed by atoms with Gasteiger partial charge in [-0.05, 0) is 47.3 Å². The van der Waals surface area contributed by atoms with Gasteiger partial charge in [-0.1, -0.05) is 60.4 Å². The first-order valence-electron chi connectivity index (χ1n) is 11.7. The van der Waals surface area contributed by atoms with E-state index in [4.69, 9.17) is 18.9 Å². The maximum atomic E-state index is 6.11. The van der Waals surface area contributed by atoms with Gasteiger partial charge in [-0.15, -0.1) is 0 Å². The van der Waals surface area contributed by atoms with Crippen molar-refractivity contribution in [2.75, 3.05) is 37.9 Å². The lowest BCUT2D eigenvalue weighted by Crippen LogP contribution is -2.43. The molecular weight excluding hydrogens is 489 g/mol. The van der Waals surface area contributed by atoms with E-state index in [1.54, 1.807) is 0 Å². The van der Waals surface area contributed by atoms with Crippen LogP contribution in [0, 0.1) is 0 Å². The van der Waals surface area contributed by atoms with Crippen LogP contribution in [0.1, 0.15) is 67.2 Å². The van der Waals surface area contributed by atoms with Crippen molar-refractivity contribution in [2.24, 2.45) is 0 Å². The molecule has 0 aromatic rings. The highest BCUT2D eigenvalue weighted by Gasteiger charge is 2.31. The fourth-order valence-corrected chi connectivity index (χ4v) is 14.1. The van der Waals surface area contributed by atoms with E-state index < -0.39 is 0 Å². The van der Waals surface area contributed by atoms with Crippen molar-refractivity contribution in [1.82, 2.24) is 0 Å². The molecule has 0 N–H and O–H groups in total. The van der Waals surface area contributed by atoms with E-state index in [2.05, 4.69) is 41.5 Å². The van der Waals surface area contributed by atoms with E-state index in [0.717, 1.165) is 50.8 Å². The third-order valence-corrected chi connectivity index (χ3v) is 16.3. The van der Waals surface area contributed by atoms with Crippen LogP contribution in [0.4, 0.5) is 0 Å². The summed E-state index contributed by atoms with van der Waals surface area (Å²) in [5.74, 6) is 2.14. The van der Waals surface area contributed by atoms with Crippen LogP contribution in [0.2, 0.25) is 12.1 Å². The molecule has 0 aliphatic heterocycles. The van der Waals surface area contributed by atoms with Crippen LogP contribution >= 0.6 is 41.2 Å². The quantitative estimate of drug-likeness (QED) is 0.0695. The number of rotatable bonds is 23. The molecule has 0 saturated carbocycles. The zero-order valence-electron chi connectivity index (χ0n) is 20.2. The Balaban J connectivity index is 4.24. The molecule has 0 radical (unpaired) electrons. The van der Waals surface area contributed by atoms with Crippen molar-refractivity contribution in [1.29, 1.82) is 0 Å². The third-order valence-electron chi connectivity index (χ3n) is 4.71. The van der Waals surface area contributed by atoms with Gasteiger partial charge in [0.05, 0.1) is 19.0 Å². The van der Waals surface area contributed by atoms with Gasteiger partial charge in [0, 0.05) is 50.8 Å². The SMILES string of the molecule is CCC[SiH2]C(CCSSSSCCC(OCC)(OCC)[SiH2]CCC)(OCC)OCC. The Labute approximate surface area is 206 Å². The van der Waals surface area contributed by atoms with E-state index >= 15 is 0 Å². The molecule has 182 valence electrons. The second kappa shape index (κ2) is 21.2. The van der Waals surface area contributed by atoms with E-state index in [9.17, 15) is 0 Å². The maximum absolute atomic E-state index is 6.11. The summed E-state index contributed by atoms with van der Waals surface area (Å²) in [6.45, 7) is 15.8. The molecule has 0 heterocycles. The minimum Gasteiger partial charge on any atom is -0.355 e. The van der Waals surface area contributed by atoms with Crippen molar-refractivity contribution in [3.63, 3.8) is 0 Å². The minimum atomic E-state index is -0.388. The molecule has 0 aliphatic rings. The fraction of sp³-hybridized carbons (Fsp3) is 1.00. The zero-order chi connectivity index (χ0) is 22.6. The highest BCUT2D eigenvalue weighted by molar-refractivity contribution is 9.26. The summed E-state index contributed by atoms with van der Waals surface area (Å²) in [4.78, 5) is 0. The lowest BCUT2D eigenvalue weighted by atomic mass is 10.4. The predicted molar refractivity (Wildman–Crippen MR) is 149 cm³/mol. The van der Waals surface area contributed by atoms with E-state index in [1.807, 2.05) is 41.2 Å². The number of ether oxygens (including phenoxy) is 4. The second-order valence-electron chi connectivity index (χ2n) is 7.04. The molecule has 0 amide bonds. The molecule has 30 heavy (non-hydrogen) atoms. The molecule has 0 spiro atoms. The van der Waals surface area contributed by atoms with Gasteiger partial charge < -0.3 is 18.9 Å². The Morgan fingerprint density at radius 3 is 1.17 bits per heavy atom. The van der Waals surface area contributed by atoms with Gasteiger partial charge in [0.15, 0.2) is 0 Å². The smallest absolute Gasteiger partial charge is 0.145 e. The Morgan fingerprint density at radius 2 is 0.900 bits per heavy atom. The van der Waals surface area contributed by atoms with Gasteiger partial charge in [-0.25, -0.2) is 0 Å². The molecule has 0 unspecified atom stereocenters. The van der Waals surface area contributed by atoms with Gasteiger partial charge in [-0.2, -0.15) is 0 Å². The minimum absolute atomic E-state index is 0.261. The monoisotopic (exact) mass is 534 g/mol. The summed E-state index contributed by atoms with van der Waals surface area (Å²) in [6.07, 6.45) is 4.47. The Hall–Kier alpha value is 1.67. The summed E-state index contributed by atoms with van der Waals surface area (Å²) in [6, 6.07) is 2.57. The summed E-state index contributed by atoms with van der Waals surface area (Å²) in [5.41, 5.74) is -0.521. The first-order valence-corrected chi connectivity index (χ1v) is 20.3. The van der Waals surface area contributed by atoms with Crippen molar-refractivity contribution in [3.8, 4) is 0 Å². The summed E-state index contributed by atoms with van der Waals surface area (Å²) in [5, 5.41) is 0. The third kappa shape index (κ3) is 14.7. The van der Waals surface area contributed by atoms with Crippen LogP contribution in [0.15, 0.2) is 0 Å². The largest absolute Gasteiger partial charge is 0.355 e. The number of hydrogen-bond acceptors (Lipinski definition) is 8. The van der Waals surface area contributed by atoms with E-state index in [-0.39, 0.29) is 29.9 Å². The van der Waals surface area contributed by atoms with Gasteiger partial charge in [0.25, 0.3) is 0 Å². The lowest BCUT2D eigenvalue weighted by Gasteiger charge is -2.33. The Morgan fingerprint density at radius 1 is 0.567 bits per heavy atom. The summed E-state index contributed by atoms with van der Waals surface area (Å²) < 4.78 is 24.5. The van der Waals surface area contributed by atoms with Crippen LogP contribution in [-0.2, 0) is 18.9 Å². The lowest BCUT2D eigenvalue weighted by molar-refractivity contribution is -0.176. The van der Waals surface area contributed by atoms with Crippen LogP contribution in [0.25, 0.3) is 0 Å². The first-order chi connectivity index (χ1) is 14.6. The first kappa shape index (κ1) is 31.7. The zero-order valence-corrected chi connectivity index (χ0v) is 26.3. The van der Waals surface area contributed by atoms with Crippen molar-refractivity contribution in [2.45, 2.75) is 90.1 Å². The summed E-state index contributed by atoms with van der Waals surface area (Å²) >= 11 is 0. The predicted octanol–water partition coefficient (Wildman–Crippen LogP) is 5.89. The molecule has 0 aliphatic carbocycles. The molecule has 0 aromatic carbocycles. The summed E-state index contributed by atoms with van der Waals surface area (Å²) in [7, 11) is 6.83. The molecule has 0 saturated heterocycles. The maximum Gasteiger partial charge on any atom is 0.145 e. The van der Waals surface area contributed by atoms with Gasteiger partial charge in [0.1, 0.15) is 10.8 Å². The molecule has 0 fully saturated rings. The molecule has 10 heteroatoms. The normalized spacial score (nSPS) is 13.4. The Bertz CT molecular complexity index is 339. The number of hydrogen-bond donors (Lipinski definition) is 0. The van der Waals surface area contributed by atoms with Crippen LogP contribution in [0.5, 0.6) is 0 Å². The second-order valence-corrected chi connectivity index (χ2v) is 17.8. The molecular formula is C20H46O4S4Si2. The van der Waals surface area contributed by atoms with E-state index in [0.29, 0.717) is 0 Å². The standard InChI is InChI=1S/C20H46O4S4Si2/c1-7-17-29-19(21-9-3,22-10-4)13-15-25-27-28-26-16-14-20(23-11-5,24-12-6)30-18-8-2/h7-18,29-30H2,1-6H3. The highest BCUT2D eigenvalue weighted by Crippen LogP contribution is 2.44. The van der Waals surface area contributed by atoms with Crippen LogP contribution in [-0.4, -0.2) is 67.8 Å². The van der Waals surface area contributed by atoms with Crippen molar-refractivity contribution < 1.29 is 18.9 Å². The highest BCUT2D eigenvalue weighted by atomic mass is 33.7. The van der Waals surface area contributed by atoms with Crippen molar-refractivity contribution in [3.05, 3.63) is 0 Å². The molecule has 0 atom stereocenters. The van der Waals surface area contributed by atoms with Gasteiger partial charge in [-0.3, -0.25) is 0 Å². The average molecular weight is 535 g/mol. The fourth-order valence-electron chi connectivity index (χ4n) is 3.36. The molecule has 0 rings (SSSR count). The molecule has 0 bridgehead atoms. The van der Waals surface area contributed by atoms with Crippen LogP contribution in [0.3, 0.4) is 0 Å². The van der Waals surface area contributed by atoms with E-state index in [1.165, 1.54) is 24.9 Å². The van der Waals surface area contributed by atoms with Gasteiger partial charge in [0.2, 0.25) is 0 Å². The average Bonchev–Trinajstić information content (AvgIpc) is 2.73.